The van der Waals surface area contributed by atoms with Gasteiger partial charge in [0.25, 0.3) is 0 Å². The van der Waals surface area contributed by atoms with Crippen LogP contribution in [0.1, 0.15) is 33.6 Å². The molecule has 0 unspecified atom stereocenters. The summed E-state index contributed by atoms with van der Waals surface area (Å²) in [6.07, 6.45) is 1.50. The summed E-state index contributed by atoms with van der Waals surface area (Å²) in [6, 6.07) is 0.530. The van der Waals surface area contributed by atoms with E-state index in [1.807, 2.05) is 11.9 Å². The van der Waals surface area contributed by atoms with Crippen molar-refractivity contribution in [2.75, 3.05) is 60.5 Å². The number of carbonyl (C=O) groups is 1. The van der Waals surface area contributed by atoms with Gasteiger partial charge in [0.2, 0.25) is 5.91 Å². The lowest BCUT2D eigenvalue weighted by molar-refractivity contribution is -0.131. The summed E-state index contributed by atoms with van der Waals surface area (Å²) in [5.41, 5.74) is 0. The van der Waals surface area contributed by atoms with Gasteiger partial charge in [-0.2, -0.15) is 0 Å². The quantitative estimate of drug-likeness (QED) is 0.512. The first-order valence-corrected chi connectivity index (χ1v) is 8.09. The standard InChI is InChI=1S/C16H35N3O2/c1-7-17(4)10-8-11-19(6)16(20)9-13-21-14-12-18(5)15(2)3/h15H,7-14H2,1-6H3. The van der Waals surface area contributed by atoms with Gasteiger partial charge in [-0.15, -0.1) is 0 Å². The molecular formula is C16H35N3O2. The Morgan fingerprint density at radius 1 is 1.05 bits per heavy atom. The summed E-state index contributed by atoms with van der Waals surface area (Å²) < 4.78 is 5.54. The van der Waals surface area contributed by atoms with Crippen molar-refractivity contribution in [3.8, 4) is 0 Å². The zero-order chi connectivity index (χ0) is 16.3. The second kappa shape index (κ2) is 12.0. The molecule has 0 aliphatic carbocycles. The number of hydrogen-bond acceptors (Lipinski definition) is 4. The van der Waals surface area contributed by atoms with Crippen molar-refractivity contribution in [1.29, 1.82) is 0 Å². The fraction of sp³-hybridized carbons (Fsp3) is 0.938. The molecule has 0 N–H and O–H groups in total. The number of carbonyl (C=O) groups excluding carboxylic acids is 1. The molecule has 0 aliphatic heterocycles. The van der Waals surface area contributed by atoms with Gasteiger partial charge in [-0.3, -0.25) is 4.79 Å². The van der Waals surface area contributed by atoms with Gasteiger partial charge in [0.05, 0.1) is 19.6 Å². The Kier molecular flexibility index (Phi) is 11.6. The van der Waals surface area contributed by atoms with Crippen LogP contribution >= 0.6 is 0 Å². The van der Waals surface area contributed by atoms with Gasteiger partial charge in [0.15, 0.2) is 0 Å². The van der Waals surface area contributed by atoms with Gasteiger partial charge in [0, 0.05) is 26.2 Å². The zero-order valence-corrected chi connectivity index (χ0v) is 14.9. The maximum Gasteiger partial charge on any atom is 0.224 e. The van der Waals surface area contributed by atoms with Crippen LogP contribution in [0.5, 0.6) is 0 Å². The molecule has 5 heteroatoms. The van der Waals surface area contributed by atoms with Crippen molar-refractivity contribution in [2.45, 2.75) is 39.7 Å². The van der Waals surface area contributed by atoms with E-state index in [0.29, 0.717) is 25.7 Å². The molecule has 0 aromatic carbocycles. The van der Waals surface area contributed by atoms with E-state index in [2.05, 4.69) is 44.7 Å². The van der Waals surface area contributed by atoms with Crippen LogP contribution in [-0.2, 0) is 9.53 Å². The third-order valence-electron chi connectivity index (χ3n) is 3.93. The molecule has 0 spiro atoms. The molecule has 21 heavy (non-hydrogen) atoms. The van der Waals surface area contributed by atoms with Crippen LogP contribution in [0.2, 0.25) is 0 Å². The SMILES string of the molecule is CCN(C)CCCN(C)C(=O)CCOCCN(C)C(C)C. The number of hydrogen-bond donors (Lipinski definition) is 0. The van der Waals surface area contributed by atoms with E-state index in [4.69, 9.17) is 4.74 Å². The predicted octanol–water partition coefficient (Wildman–Crippen LogP) is 1.53. The highest BCUT2D eigenvalue weighted by Gasteiger charge is 2.09. The van der Waals surface area contributed by atoms with Crippen LogP contribution in [0.4, 0.5) is 0 Å². The van der Waals surface area contributed by atoms with Crippen LogP contribution in [0.15, 0.2) is 0 Å². The van der Waals surface area contributed by atoms with E-state index in [1.165, 1.54) is 0 Å². The Morgan fingerprint density at radius 2 is 1.71 bits per heavy atom. The first-order valence-electron chi connectivity index (χ1n) is 8.09. The van der Waals surface area contributed by atoms with Gasteiger partial charge in [0.1, 0.15) is 0 Å². The third-order valence-corrected chi connectivity index (χ3v) is 3.93. The minimum Gasteiger partial charge on any atom is -0.380 e. The number of ether oxygens (including phenoxy) is 1. The van der Waals surface area contributed by atoms with Crippen molar-refractivity contribution in [3.05, 3.63) is 0 Å². The lowest BCUT2D eigenvalue weighted by atomic mass is 10.3. The number of amides is 1. The highest BCUT2D eigenvalue weighted by atomic mass is 16.5. The second-order valence-electron chi connectivity index (χ2n) is 6.00. The molecule has 0 aromatic heterocycles. The van der Waals surface area contributed by atoms with Crippen molar-refractivity contribution in [3.63, 3.8) is 0 Å². The zero-order valence-electron chi connectivity index (χ0n) is 14.9. The second-order valence-corrected chi connectivity index (χ2v) is 6.00. The van der Waals surface area contributed by atoms with Crippen molar-refractivity contribution in [1.82, 2.24) is 14.7 Å². The van der Waals surface area contributed by atoms with Crippen molar-refractivity contribution >= 4 is 5.91 Å². The van der Waals surface area contributed by atoms with Crippen LogP contribution in [-0.4, -0.2) is 87.2 Å². The molecule has 126 valence electrons. The third kappa shape index (κ3) is 10.7. The lowest BCUT2D eigenvalue weighted by Crippen LogP contribution is -2.32. The van der Waals surface area contributed by atoms with Crippen LogP contribution < -0.4 is 0 Å². The largest absolute Gasteiger partial charge is 0.380 e. The number of nitrogens with zero attached hydrogens (tertiary/aromatic N) is 3. The van der Waals surface area contributed by atoms with Gasteiger partial charge in [-0.1, -0.05) is 6.92 Å². The van der Waals surface area contributed by atoms with E-state index < -0.39 is 0 Å². The summed E-state index contributed by atoms with van der Waals surface area (Å²) in [4.78, 5) is 18.2. The predicted molar refractivity (Wildman–Crippen MR) is 88.6 cm³/mol. The van der Waals surface area contributed by atoms with Gasteiger partial charge in [-0.05, 0) is 47.5 Å². The van der Waals surface area contributed by atoms with Gasteiger partial charge < -0.3 is 19.4 Å². The molecular weight excluding hydrogens is 266 g/mol. The van der Waals surface area contributed by atoms with Crippen LogP contribution in [0.25, 0.3) is 0 Å². The minimum absolute atomic E-state index is 0.173. The molecule has 0 saturated carbocycles. The molecule has 1 amide bonds. The smallest absolute Gasteiger partial charge is 0.224 e. The summed E-state index contributed by atoms with van der Waals surface area (Å²) >= 11 is 0. The summed E-state index contributed by atoms with van der Waals surface area (Å²) in [5, 5.41) is 0. The van der Waals surface area contributed by atoms with Gasteiger partial charge >= 0.3 is 0 Å². The van der Waals surface area contributed by atoms with E-state index in [9.17, 15) is 4.79 Å². The first kappa shape index (κ1) is 20.3. The fourth-order valence-corrected chi connectivity index (χ4v) is 1.78. The lowest BCUT2D eigenvalue weighted by Gasteiger charge is -2.21. The molecule has 0 aromatic rings. The topological polar surface area (TPSA) is 36.0 Å². The molecule has 0 aliphatic rings. The van der Waals surface area contributed by atoms with Crippen molar-refractivity contribution in [2.24, 2.45) is 0 Å². The van der Waals surface area contributed by atoms with Gasteiger partial charge in [-0.25, -0.2) is 0 Å². The fourth-order valence-electron chi connectivity index (χ4n) is 1.78. The van der Waals surface area contributed by atoms with E-state index >= 15 is 0 Å². The first-order chi connectivity index (χ1) is 9.88. The Hall–Kier alpha value is -0.650. The molecule has 0 atom stereocenters. The Labute approximate surface area is 131 Å². The highest BCUT2D eigenvalue weighted by Crippen LogP contribution is 1.97. The van der Waals surface area contributed by atoms with Crippen molar-refractivity contribution < 1.29 is 9.53 Å². The Morgan fingerprint density at radius 3 is 2.29 bits per heavy atom. The summed E-state index contributed by atoms with van der Waals surface area (Å²) in [6.45, 7) is 11.5. The van der Waals surface area contributed by atoms with Crippen LogP contribution in [0.3, 0.4) is 0 Å². The average Bonchev–Trinajstić information content (AvgIpc) is 2.45. The minimum atomic E-state index is 0.173. The molecule has 0 rings (SSSR count). The molecule has 0 fully saturated rings. The molecule has 0 bridgehead atoms. The Bertz CT molecular complexity index is 272. The maximum atomic E-state index is 11.9. The molecule has 0 radical (unpaired) electrons. The normalized spacial score (nSPS) is 11.7. The van der Waals surface area contributed by atoms with E-state index in [1.54, 1.807) is 0 Å². The average molecular weight is 301 g/mol. The molecule has 0 heterocycles. The molecule has 0 saturated heterocycles. The van der Waals surface area contributed by atoms with Crippen LogP contribution in [0, 0.1) is 0 Å². The summed E-state index contributed by atoms with van der Waals surface area (Å²) in [5.74, 6) is 0.173. The highest BCUT2D eigenvalue weighted by molar-refractivity contribution is 5.75. The van der Waals surface area contributed by atoms with E-state index in [-0.39, 0.29) is 5.91 Å². The Balaban J connectivity index is 3.60. The van der Waals surface area contributed by atoms with E-state index in [0.717, 1.165) is 32.6 Å². The monoisotopic (exact) mass is 301 g/mol. The number of likely N-dealkylation sites (N-methyl/N-ethyl adjacent to an activating group) is 1. The maximum absolute atomic E-state index is 11.9. The summed E-state index contributed by atoms with van der Waals surface area (Å²) in [7, 11) is 6.06. The molecule has 5 nitrogen and oxygen atoms in total. The number of rotatable bonds is 12.